The summed E-state index contributed by atoms with van der Waals surface area (Å²) in [6, 6.07) is 16.3. The van der Waals surface area contributed by atoms with Gasteiger partial charge >= 0.3 is 0 Å². The van der Waals surface area contributed by atoms with Crippen LogP contribution in [0.1, 0.15) is 17.3 Å². The Morgan fingerprint density at radius 3 is 2.61 bits per heavy atom. The highest BCUT2D eigenvalue weighted by Crippen LogP contribution is 2.26. The average molecular weight is 237 g/mol. The lowest BCUT2D eigenvalue weighted by Crippen LogP contribution is -2.13. The van der Waals surface area contributed by atoms with E-state index >= 15 is 0 Å². The molecule has 0 saturated heterocycles. The molecular weight excluding hydrogens is 222 g/mol. The predicted octanol–water partition coefficient (Wildman–Crippen LogP) is 2.62. The molecule has 2 N–H and O–H groups in total. The van der Waals surface area contributed by atoms with E-state index in [1.165, 1.54) is 10.8 Å². The highest BCUT2D eigenvalue weighted by Gasteiger charge is 2.13. The average Bonchev–Trinajstić information content (AvgIpc) is 2.84. The molecular formula is C15H15N3. The molecule has 1 atom stereocenters. The quantitative estimate of drug-likeness (QED) is 0.744. The van der Waals surface area contributed by atoms with Crippen LogP contribution in [0, 0.1) is 0 Å². The second kappa shape index (κ2) is 4.27. The molecule has 0 aliphatic rings. The Morgan fingerprint density at radius 2 is 1.83 bits per heavy atom. The van der Waals surface area contributed by atoms with Crippen LogP contribution in [0.25, 0.3) is 10.8 Å². The van der Waals surface area contributed by atoms with Crippen molar-refractivity contribution in [3.8, 4) is 0 Å². The highest BCUT2D eigenvalue weighted by molar-refractivity contribution is 5.86. The zero-order chi connectivity index (χ0) is 12.5. The van der Waals surface area contributed by atoms with E-state index in [9.17, 15) is 0 Å². The van der Waals surface area contributed by atoms with Gasteiger partial charge < -0.3 is 5.73 Å². The summed E-state index contributed by atoms with van der Waals surface area (Å²) in [7, 11) is 1.90. The predicted molar refractivity (Wildman–Crippen MR) is 73.2 cm³/mol. The van der Waals surface area contributed by atoms with Crippen LogP contribution in [0.2, 0.25) is 0 Å². The molecule has 1 aromatic heterocycles. The number of hydrogen-bond acceptors (Lipinski definition) is 2. The molecule has 0 aliphatic heterocycles. The van der Waals surface area contributed by atoms with Crippen LogP contribution in [0.5, 0.6) is 0 Å². The molecule has 3 heteroatoms. The van der Waals surface area contributed by atoms with Gasteiger partial charge in [0.05, 0.1) is 11.7 Å². The Morgan fingerprint density at radius 1 is 1.06 bits per heavy atom. The van der Waals surface area contributed by atoms with Crippen molar-refractivity contribution in [2.75, 3.05) is 0 Å². The SMILES string of the molecule is Cn1ccc(C(N)c2cccc3ccccc23)n1. The van der Waals surface area contributed by atoms with Crippen molar-refractivity contribution >= 4 is 10.8 Å². The monoisotopic (exact) mass is 237 g/mol. The number of benzene rings is 2. The van der Waals surface area contributed by atoms with Crippen LogP contribution >= 0.6 is 0 Å². The summed E-state index contributed by atoms with van der Waals surface area (Å²) in [5.41, 5.74) is 8.33. The molecule has 2 aromatic carbocycles. The van der Waals surface area contributed by atoms with Gasteiger partial charge in [0.2, 0.25) is 0 Å². The lowest BCUT2D eigenvalue weighted by atomic mass is 9.97. The van der Waals surface area contributed by atoms with Crippen molar-refractivity contribution in [2.45, 2.75) is 6.04 Å². The molecule has 18 heavy (non-hydrogen) atoms. The van der Waals surface area contributed by atoms with Crippen molar-refractivity contribution in [3.63, 3.8) is 0 Å². The Bertz CT molecular complexity index is 680. The molecule has 0 saturated carbocycles. The maximum absolute atomic E-state index is 6.32. The second-order valence-corrected chi connectivity index (χ2v) is 4.46. The molecule has 0 radical (unpaired) electrons. The van der Waals surface area contributed by atoms with Gasteiger partial charge in [0.25, 0.3) is 0 Å². The normalized spacial score (nSPS) is 12.8. The lowest BCUT2D eigenvalue weighted by Gasteiger charge is -2.12. The van der Waals surface area contributed by atoms with E-state index in [0.29, 0.717) is 0 Å². The first-order chi connectivity index (χ1) is 8.75. The number of fused-ring (bicyclic) bond motifs is 1. The third-order valence-electron chi connectivity index (χ3n) is 3.21. The molecule has 3 nitrogen and oxygen atoms in total. The first-order valence-corrected chi connectivity index (χ1v) is 5.98. The number of aromatic nitrogens is 2. The van der Waals surface area contributed by atoms with E-state index < -0.39 is 0 Å². The van der Waals surface area contributed by atoms with Crippen molar-refractivity contribution in [1.29, 1.82) is 0 Å². The van der Waals surface area contributed by atoms with Crippen molar-refractivity contribution in [3.05, 3.63) is 66.0 Å². The van der Waals surface area contributed by atoms with Crippen molar-refractivity contribution in [1.82, 2.24) is 9.78 Å². The number of nitrogens with two attached hydrogens (primary N) is 1. The fraction of sp³-hybridized carbons (Fsp3) is 0.133. The minimum atomic E-state index is -0.183. The zero-order valence-corrected chi connectivity index (χ0v) is 10.2. The topological polar surface area (TPSA) is 43.8 Å². The van der Waals surface area contributed by atoms with Crippen molar-refractivity contribution < 1.29 is 0 Å². The number of nitrogens with zero attached hydrogens (tertiary/aromatic N) is 2. The number of hydrogen-bond donors (Lipinski definition) is 1. The van der Waals surface area contributed by atoms with E-state index in [1.54, 1.807) is 4.68 Å². The summed E-state index contributed by atoms with van der Waals surface area (Å²) >= 11 is 0. The third-order valence-corrected chi connectivity index (χ3v) is 3.21. The van der Waals surface area contributed by atoms with Gasteiger partial charge in [-0.15, -0.1) is 0 Å². The Kier molecular flexibility index (Phi) is 2.61. The van der Waals surface area contributed by atoms with Crippen LogP contribution in [0.15, 0.2) is 54.7 Å². The summed E-state index contributed by atoms with van der Waals surface area (Å²) in [6.07, 6.45) is 1.92. The van der Waals surface area contributed by atoms with Crippen LogP contribution in [0.3, 0.4) is 0 Å². The van der Waals surface area contributed by atoms with Gasteiger partial charge in [0.15, 0.2) is 0 Å². The van der Waals surface area contributed by atoms with Crippen LogP contribution in [-0.4, -0.2) is 9.78 Å². The number of aryl methyl sites for hydroxylation is 1. The standard InChI is InChI=1S/C15H15N3/c1-18-10-9-14(17-18)15(16)13-8-4-6-11-5-2-3-7-12(11)13/h2-10,15H,16H2,1H3. The van der Waals surface area contributed by atoms with Gasteiger partial charge in [-0.1, -0.05) is 42.5 Å². The van der Waals surface area contributed by atoms with E-state index in [4.69, 9.17) is 5.73 Å². The minimum Gasteiger partial charge on any atom is -0.319 e. The van der Waals surface area contributed by atoms with Crippen LogP contribution in [0.4, 0.5) is 0 Å². The maximum atomic E-state index is 6.32. The second-order valence-electron chi connectivity index (χ2n) is 4.46. The van der Waals surface area contributed by atoms with Gasteiger partial charge in [-0.05, 0) is 22.4 Å². The first kappa shape index (κ1) is 11.0. The third kappa shape index (κ3) is 1.79. The maximum Gasteiger partial charge on any atom is 0.0837 e. The summed E-state index contributed by atoms with van der Waals surface area (Å²) in [5, 5.41) is 6.79. The Balaban J connectivity index is 2.14. The van der Waals surface area contributed by atoms with E-state index in [1.807, 2.05) is 37.5 Å². The molecule has 0 spiro atoms. The van der Waals surface area contributed by atoms with Crippen LogP contribution in [-0.2, 0) is 7.05 Å². The van der Waals surface area contributed by atoms with Gasteiger partial charge in [0, 0.05) is 13.2 Å². The molecule has 1 unspecified atom stereocenters. The molecule has 1 heterocycles. The summed E-state index contributed by atoms with van der Waals surface area (Å²) in [6.45, 7) is 0. The smallest absolute Gasteiger partial charge is 0.0837 e. The van der Waals surface area contributed by atoms with Gasteiger partial charge in [-0.2, -0.15) is 5.10 Å². The first-order valence-electron chi connectivity index (χ1n) is 5.98. The Labute approximate surface area is 106 Å². The van der Waals surface area contributed by atoms with Crippen LogP contribution < -0.4 is 5.73 Å². The summed E-state index contributed by atoms with van der Waals surface area (Å²) in [4.78, 5) is 0. The molecule has 3 rings (SSSR count). The molecule has 0 aliphatic carbocycles. The molecule has 0 amide bonds. The van der Waals surface area contributed by atoms with Gasteiger partial charge in [0.1, 0.15) is 0 Å². The fourth-order valence-electron chi connectivity index (χ4n) is 2.28. The largest absolute Gasteiger partial charge is 0.319 e. The van der Waals surface area contributed by atoms with E-state index in [-0.39, 0.29) is 6.04 Å². The Hall–Kier alpha value is -2.13. The molecule has 90 valence electrons. The number of rotatable bonds is 2. The summed E-state index contributed by atoms with van der Waals surface area (Å²) in [5.74, 6) is 0. The van der Waals surface area contributed by atoms with Gasteiger partial charge in [-0.3, -0.25) is 4.68 Å². The molecule has 0 fully saturated rings. The van der Waals surface area contributed by atoms with Crippen molar-refractivity contribution in [2.24, 2.45) is 12.8 Å². The fourth-order valence-corrected chi connectivity index (χ4v) is 2.28. The lowest BCUT2D eigenvalue weighted by molar-refractivity contribution is 0.717. The summed E-state index contributed by atoms with van der Waals surface area (Å²) < 4.78 is 1.78. The zero-order valence-electron chi connectivity index (χ0n) is 10.2. The minimum absolute atomic E-state index is 0.183. The molecule has 3 aromatic rings. The highest BCUT2D eigenvalue weighted by atomic mass is 15.3. The van der Waals surface area contributed by atoms with Gasteiger partial charge in [-0.25, -0.2) is 0 Å². The molecule has 0 bridgehead atoms. The van der Waals surface area contributed by atoms with E-state index in [0.717, 1.165) is 11.3 Å². The van der Waals surface area contributed by atoms with E-state index in [2.05, 4.69) is 29.4 Å².